The van der Waals surface area contributed by atoms with Crippen molar-refractivity contribution < 1.29 is 22.0 Å². The van der Waals surface area contributed by atoms with Crippen molar-refractivity contribution in [2.24, 2.45) is 7.05 Å². The van der Waals surface area contributed by atoms with Crippen molar-refractivity contribution in [3.8, 4) is 10.6 Å². The van der Waals surface area contributed by atoms with Crippen molar-refractivity contribution in [3.05, 3.63) is 59.1 Å². The average Bonchev–Trinajstić information content (AvgIpc) is 3.36. The fourth-order valence-electron chi connectivity index (χ4n) is 3.28. The van der Waals surface area contributed by atoms with Crippen LogP contribution in [-0.2, 0) is 16.9 Å². The second kappa shape index (κ2) is 7.82. The Balaban J connectivity index is 1.85. The van der Waals surface area contributed by atoms with Crippen molar-refractivity contribution in [1.82, 2.24) is 14.8 Å². The smallest absolute Gasteiger partial charge is 0.321 e. The van der Waals surface area contributed by atoms with Crippen molar-refractivity contribution in [1.29, 1.82) is 0 Å². The number of amides is 1. The summed E-state index contributed by atoms with van der Waals surface area (Å²) in [6.45, 7) is 1.72. The summed E-state index contributed by atoms with van der Waals surface area (Å²) < 4.78 is 51.8. The Bertz CT molecular complexity index is 1400. The summed E-state index contributed by atoms with van der Waals surface area (Å²) in [5.74, 6) is -4.26. The molecule has 4 aromatic rings. The zero-order chi connectivity index (χ0) is 22.3. The van der Waals surface area contributed by atoms with E-state index in [0.717, 1.165) is 10.9 Å². The van der Waals surface area contributed by atoms with Gasteiger partial charge in [-0.05, 0) is 36.6 Å². The molecular formula is C20H16F2N4O3S2. The molecule has 0 unspecified atom stereocenters. The number of hydrogen-bond acceptors (Lipinski definition) is 6. The summed E-state index contributed by atoms with van der Waals surface area (Å²) in [4.78, 5) is 18.0. The highest BCUT2D eigenvalue weighted by Crippen LogP contribution is 2.31. The monoisotopic (exact) mass is 462 g/mol. The molecule has 0 aliphatic rings. The van der Waals surface area contributed by atoms with Gasteiger partial charge in [0.05, 0.1) is 37.8 Å². The van der Waals surface area contributed by atoms with Gasteiger partial charge in [-0.15, -0.1) is 11.3 Å². The number of carbonyl (C=O) groups is 1. The molecule has 31 heavy (non-hydrogen) atoms. The predicted octanol–water partition coefficient (Wildman–Crippen LogP) is 4.25. The minimum atomic E-state index is -4.90. The van der Waals surface area contributed by atoms with Gasteiger partial charge in [-0.3, -0.25) is 9.48 Å². The number of rotatable bonds is 5. The number of hydrogen-bond donors (Lipinski definition) is 1. The third kappa shape index (κ3) is 3.70. The third-order valence-electron chi connectivity index (χ3n) is 4.66. The van der Waals surface area contributed by atoms with Crippen LogP contribution in [0.3, 0.4) is 0 Å². The van der Waals surface area contributed by atoms with Crippen LogP contribution in [0, 0.1) is 6.92 Å². The molecule has 1 aromatic carbocycles. The number of sulfone groups is 1. The number of anilines is 1. The SMILES string of the molecule is Cc1nn(C)c2nc(-c3cccs3)cc(C(=O)Nc3ccccc3S(=O)(=O)C(F)F)c12. The predicted molar refractivity (Wildman–Crippen MR) is 114 cm³/mol. The van der Waals surface area contributed by atoms with Crippen LogP contribution < -0.4 is 5.32 Å². The van der Waals surface area contributed by atoms with Crippen LogP contribution in [0.1, 0.15) is 16.1 Å². The van der Waals surface area contributed by atoms with E-state index in [2.05, 4.69) is 15.4 Å². The first-order chi connectivity index (χ1) is 14.7. The summed E-state index contributed by atoms with van der Waals surface area (Å²) >= 11 is 1.44. The number of benzene rings is 1. The highest BCUT2D eigenvalue weighted by atomic mass is 32.2. The Hall–Kier alpha value is -3.18. The van der Waals surface area contributed by atoms with Crippen LogP contribution in [0.4, 0.5) is 14.5 Å². The molecular weight excluding hydrogens is 446 g/mol. The average molecular weight is 463 g/mol. The molecule has 0 saturated carbocycles. The van der Waals surface area contributed by atoms with Gasteiger partial charge >= 0.3 is 5.76 Å². The van der Waals surface area contributed by atoms with E-state index in [9.17, 15) is 22.0 Å². The van der Waals surface area contributed by atoms with Gasteiger partial charge in [0, 0.05) is 7.05 Å². The normalized spacial score (nSPS) is 11.9. The third-order valence-corrected chi connectivity index (χ3v) is 6.99. The molecule has 4 rings (SSSR count). The van der Waals surface area contributed by atoms with Gasteiger partial charge < -0.3 is 5.32 Å². The standard InChI is InChI=1S/C20H16F2N4O3S2/c1-11-17-12(10-14(15-7-5-9-30-15)23-18(17)26(2)25-11)19(27)24-13-6-3-4-8-16(13)31(28,29)20(21)22/h3-10,20H,1-2H3,(H,24,27). The number of aryl methyl sites for hydroxylation is 2. The summed E-state index contributed by atoms with van der Waals surface area (Å²) in [7, 11) is -3.20. The fraction of sp³-hybridized carbons (Fsp3) is 0.150. The number of carbonyl (C=O) groups excluding carboxylic acids is 1. The lowest BCUT2D eigenvalue weighted by molar-refractivity contribution is 0.102. The lowest BCUT2D eigenvalue weighted by atomic mass is 10.1. The number of fused-ring (bicyclic) bond motifs is 1. The molecule has 0 aliphatic heterocycles. The van der Waals surface area contributed by atoms with Crippen LogP contribution in [0.15, 0.2) is 52.7 Å². The van der Waals surface area contributed by atoms with Gasteiger partial charge in [-0.2, -0.15) is 13.9 Å². The fourth-order valence-corrected chi connectivity index (χ4v) is 4.85. The minimum Gasteiger partial charge on any atom is -0.321 e. The molecule has 3 heterocycles. The van der Waals surface area contributed by atoms with Crippen LogP contribution in [0.25, 0.3) is 21.6 Å². The molecule has 7 nitrogen and oxygen atoms in total. The van der Waals surface area contributed by atoms with Crippen LogP contribution >= 0.6 is 11.3 Å². The molecule has 160 valence electrons. The van der Waals surface area contributed by atoms with E-state index < -0.39 is 26.4 Å². The first kappa shape index (κ1) is 21.1. The lowest BCUT2D eigenvalue weighted by Gasteiger charge is -2.12. The minimum absolute atomic E-state index is 0.211. The van der Waals surface area contributed by atoms with Crippen molar-refractivity contribution in [3.63, 3.8) is 0 Å². The number of nitrogens with zero attached hydrogens (tertiary/aromatic N) is 3. The summed E-state index contributed by atoms with van der Waals surface area (Å²) in [6.07, 6.45) is 0. The van der Waals surface area contributed by atoms with E-state index in [-0.39, 0.29) is 11.3 Å². The Kier molecular flexibility index (Phi) is 5.31. The maximum Gasteiger partial charge on any atom is 0.341 e. The van der Waals surface area contributed by atoms with E-state index in [0.29, 0.717) is 22.4 Å². The summed E-state index contributed by atoms with van der Waals surface area (Å²) in [5, 5.41) is 9.17. The Morgan fingerprint density at radius 1 is 1.19 bits per heavy atom. The maximum atomic E-state index is 13.2. The number of para-hydroxylation sites is 1. The van der Waals surface area contributed by atoms with Crippen LogP contribution in [-0.4, -0.2) is 34.8 Å². The number of halogens is 2. The van der Waals surface area contributed by atoms with Crippen molar-refractivity contribution >= 4 is 43.8 Å². The molecule has 0 spiro atoms. The second-order valence-electron chi connectivity index (χ2n) is 6.70. The van der Waals surface area contributed by atoms with Gasteiger partial charge in [-0.25, -0.2) is 13.4 Å². The van der Waals surface area contributed by atoms with E-state index in [4.69, 9.17) is 0 Å². The van der Waals surface area contributed by atoms with Gasteiger partial charge in [0.1, 0.15) is 0 Å². The van der Waals surface area contributed by atoms with Crippen LogP contribution in [0.5, 0.6) is 0 Å². The largest absolute Gasteiger partial charge is 0.341 e. The van der Waals surface area contributed by atoms with E-state index in [1.54, 1.807) is 24.7 Å². The van der Waals surface area contributed by atoms with E-state index in [1.807, 2.05) is 17.5 Å². The number of aromatic nitrogens is 3. The number of thiophene rings is 1. The number of alkyl halides is 2. The topological polar surface area (TPSA) is 93.9 Å². The maximum absolute atomic E-state index is 13.2. The number of nitrogens with one attached hydrogen (secondary N) is 1. The quantitative estimate of drug-likeness (QED) is 0.478. The lowest BCUT2D eigenvalue weighted by Crippen LogP contribution is -2.18. The van der Waals surface area contributed by atoms with Crippen LogP contribution in [0.2, 0.25) is 0 Å². The highest BCUT2D eigenvalue weighted by molar-refractivity contribution is 7.91. The molecule has 0 fully saturated rings. The highest BCUT2D eigenvalue weighted by Gasteiger charge is 2.30. The molecule has 1 amide bonds. The Morgan fingerprint density at radius 2 is 1.94 bits per heavy atom. The molecule has 0 bridgehead atoms. The molecule has 0 aliphatic carbocycles. The van der Waals surface area contributed by atoms with Gasteiger partial charge in [0.25, 0.3) is 5.91 Å². The summed E-state index contributed by atoms with van der Waals surface area (Å²) in [5.41, 5.74) is 1.56. The molecule has 0 radical (unpaired) electrons. The van der Waals surface area contributed by atoms with Crippen molar-refractivity contribution in [2.45, 2.75) is 17.6 Å². The van der Waals surface area contributed by atoms with Gasteiger partial charge in [0.2, 0.25) is 9.84 Å². The Labute approximate surface area is 180 Å². The van der Waals surface area contributed by atoms with E-state index in [1.165, 1.54) is 29.5 Å². The zero-order valence-electron chi connectivity index (χ0n) is 16.3. The molecule has 0 atom stereocenters. The molecule has 3 aromatic heterocycles. The molecule has 0 saturated heterocycles. The first-order valence-corrected chi connectivity index (χ1v) is 11.4. The van der Waals surface area contributed by atoms with Gasteiger partial charge in [-0.1, -0.05) is 18.2 Å². The molecule has 1 N–H and O–H groups in total. The van der Waals surface area contributed by atoms with Gasteiger partial charge in [0.15, 0.2) is 5.65 Å². The summed E-state index contributed by atoms with van der Waals surface area (Å²) in [6, 6.07) is 10.4. The second-order valence-corrected chi connectivity index (χ2v) is 9.53. The molecule has 11 heteroatoms. The number of pyridine rings is 1. The zero-order valence-corrected chi connectivity index (χ0v) is 18.0. The van der Waals surface area contributed by atoms with E-state index >= 15 is 0 Å². The first-order valence-electron chi connectivity index (χ1n) is 9.01. The van der Waals surface area contributed by atoms with Crippen molar-refractivity contribution in [2.75, 3.05) is 5.32 Å². The Morgan fingerprint density at radius 3 is 2.61 bits per heavy atom.